The van der Waals surface area contributed by atoms with E-state index in [2.05, 4.69) is 20.8 Å². The van der Waals surface area contributed by atoms with Gasteiger partial charge in [0.25, 0.3) is 0 Å². The number of aliphatic hydroxyl groups is 1. The molecule has 0 aliphatic carbocycles. The van der Waals surface area contributed by atoms with Gasteiger partial charge in [-0.05, 0) is 35.0 Å². The second-order valence-corrected chi connectivity index (χ2v) is 4.59. The van der Waals surface area contributed by atoms with E-state index in [1.165, 1.54) is 0 Å². The maximum absolute atomic E-state index is 9.41. The van der Waals surface area contributed by atoms with E-state index in [4.69, 9.17) is 4.74 Å². The fraction of sp³-hybridized carbons (Fsp3) is 0.455. The Bertz CT molecular complexity index is 354. The third-order valence-electron chi connectivity index (χ3n) is 2.38. The number of benzene rings is 1. The Morgan fingerprint density at radius 2 is 2.40 bits per heavy atom. The van der Waals surface area contributed by atoms with E-state index in [0.29, 0.717) is 13.2 Å². The van der Waals surface area contributed by atoms with Crippen molar-refractivity contribution in [2.75, 3.05) is 24.6 Å². The average Bonchev–Trinajstić information content (AvgIpc) is 2.19. The van der Waals surface area contributed by atoms with E-state index in [-0.39, 0.29) is 6.10 Å². The summed E-state index contributed by atoms with van der Waals surface area (Å²) < 4.78 is 6.56. The van der Waals surface area contributed by atoms with Gasteiger partial charge in [0.2, 0.25) is 0 Å². The number of para-hydroxylation sites is 1. The van der Waals surface area contributed by atoms with Crippen LogP contribution < -0.4 is 9.64 Å². The lowest BCUT2D eigenvalue weighted by Gasteiger charge is -2.32. The maximum atomic E-state index is 9.41. The molecule has 0 aromatic heterocycles. The first-order valence-electron chi connectivity index (χ1n) is 5.03. The van der Waals surface area contributed by atoms with Crippen LogP contribution in [0.5, 0.6) is 5.75 Å². The van der Waals surface area contributed by atoms with Crippen molar-refractivity contribution in [3.63, 3.8) is 0 Å². The molecule has 0 amide bonds. The Kier molecular flexibility index (Phi) is 3.17. The molecule has 0 saturated heterocycles. The Morgan fingerprint density at radius 1 is 1.60 bits per heavy atom. The number of halogens is 1. The summed E-state index contributed by atoms with van der Waals surface area (Å²) >= 11 is 3.46. The fourth-order valence-corrected chi connectivity index (χ4v) is 2.25. The molecule has 2 rings (SSSR count). The SMILES string of the molecule is CC(O)CN1CCOc2c(Br)cccc21. The number of hydrogen-bond acceptors (Lipinski definition) is 3. The Hall–Kier alpha value is -0.740. The average molecular weight is 272 g/mol. The maximum Gasteiger partial charge on any atom is 0.156 e. The second kappa shape index (κ2) is 4.41. The van der Waals surface area contributed by atoms with Gasteiger partial charge in [0.15, 0.2) is 5.75 Å². The Labute approximate surface area is 97.8 Å². The summed E-state index contributed by atoms with van der Waals surface area (Å²) in [5.74, 6) is 0.879. The van der Waals surface area contributed by atoms with Crippen molar-refractivity contribution in [3.8, 4) is 5.75 Å². The minimum atomic E-state index is -0.324. The van der Waals surface area contributed by atoms with Crippen LogP contribution in [0, 0.1) is 0 Å². The summed E-state index contributed by atoms with van der Waals surface area (Å²) in [5.41, 5.74) is 1.05. The van der Waals surface area contributed by atoms with Crippen molar-refractivity contribution >= 4 is 21.6 Å². The third-order valence-corrected chi connectivity index (χ3v) is 3.00. The molecule has 1 aliphatic heterocycles. The van der Waals surface area contributed by atoms with E-state index in [9.17, 15) is 5.11 Å². The van der Waals surface area contributed by atoms with E-state index >= 15 is 0 Å². The van der Waals surface area contributed by atoms with Crippen molar-refractivity contribution in [2.45, 2.75) is 13.0 Å². The number of anilines is 1. The van der Waals surface area contributed by atoms with E-state index in [0.717, 1.165) is 22.5 Å². The van der Waals surface area contributed by atoms with Crippen LogP contribution in [-0.2, 0) is 0 Å². The zero-order chi connectivity index (χ0) is 10.8. The van der Waals surface area contributed by atoms with Crippen LogP contribution in [0.4, 0.5) is 5.69 Å². The molecule has 0 bridgehead atoms. The predicted octanol–water partition coefficient (Wildman–Crippen LogP) is 2.03. The first kappa shape index (κ1) is 10.8. The van der Waals surface area contributed by atoms with Gasteiger partial charge in [0.1, 0.15) is 6.61 Å². The smallest absolute Gasteiger partial charge is 0.156 e. The number of hydrogen-bond donors (Lipinski definition) is 1. The highest BCUT2D eigenvalue weighted by atomic mass is 79.9. The minimum Gasteiger partial charge on any atom is -0.488 e. The van der Waals surface area contributed by atoms with Crippen molar-refractivity contribution in [3.05, 3.63) is 22.7 Å². The first-order valence-corrected chi connectivity index (χ1v) is 5.82. The largest absolute Gasteiger partial charge is 0.488 e. The van der Waals surface area contributed by atoms with Crippen LogP contribution in [0.15, 0.2) is 22.7 Å². The van der Waals surface area contributed by atoms with Gasteiger partial charge in [0.05, 0.1) is 22.8 Å². The predicted molar refractivity (Wildman–Crippen MR) is 63.5 cm³/mol. The highest BCUT2D eigenvalue weighted by Gasteiger charge is 2.20. The zero-order valence-electron chi connectivity index (χ0n) is 8.61. The molecule has 1 atom stereocenters. The van der Waals surface area contributed by atoms with Crippen molar-refractivity contribution in [1.82, 2.24) is 0 Å². The normalized spacial score (nSPS) is 16.9. The van der Waals surface area contributed by atoms with Crippen LogP contribution in [-0.4, -0.2) is 30.9 Å². The van der Waals surface area contributed by atoms with Crippen LogP contribution in [0.1, 0.15) is 6.92 Å². The zero-order valence-corrected chi connectivity index (χ0v) is 10.2. The van der Waals surface area contributed by atoms with Gasteiger partial charge < -0.3 is 14.7 Å². The number of ether oxygens (including phenoxy) is 1. The van der Waals surface area contributed by atoms with Crippen molar-refractivity contribution in [2.24, 2.45) is 0 Å². The molecule has 1 unspecified atom stereocenters. The Morgan fingerprint density at radius 3 is 3.13 bits per heavy atom. The molecule has 0 saturated carbocycles. The number of fused-ring (bicyclic) bond motifs is 1. The quantitative estimate of drug-likeness (QED) is 0.894. The minimum absolute atomic E-state index is 0.324. The summed E-state index contributed by atoms with van der Waals surface area (Å²) in [6, 6.07) is 5.96. The number of rotatable bonds is 2. The summed E-state index contributed by atoms with van der Waals surface area (Å²) in [7, 11) is 0. The molecular weight excluding hydrogens is 258 g/mol. The summed E-state index contributed by atoms with van der Waals surface area (Å²) in [6.07, 6.45) is -0.324. The van der Waals surface area contributed by atoms with Crippen LogP contribution in [0.3, 0.4) is 0 Å². The third kappa shape index (κ3) is 2.26. The lowest BCUT2D eigenvalue weighted by molar-refractivity contribution is 0.194. The van der Waals surface area contributed by atoms with Crippen LogP contribution in [0.25, 0.3) is 0 Å². The van der Waals surface area contributed by atoms with Gasteiger partial charge in [-0.1, -0.05) is 6.07 Å². The lowest BCUT2D eigenvalue weighted by atomic mass is 10.2. The molecule has 82 valence electrons. The van der Waals surface area contributed by atoms with Crippen molar-refractivity contribution in [1.29, 1.82) is 0 Å². The summed E-state index contributed by atoms with van der Waals surface area (Å²) in [5, 5.41) is 9.41. The highest BCUT2D eigenvalue weighted by molar-refractivity contribution is 9.10. The van der Waals surface area contributed by atoms with E-state index in [1.54, 1.807) is 6.92 Å². The monoisotopic (exact) mass is 271 g/mol. The van der Waals surface area contributed by atoms with Gasteiger partial charge in [-0.15, -0.1) is 0 Å². The number of β-amino-alcohol motifs (C(OH)–C–C–N with tert-alkyl or cyclic N) is 1. The molecule has 1 N–H and O–H groups in total. The molecule has 1 aromatic carbocycles. The molecule has 1 aliphatic rings. The van der Waals surface area contributed by atoms with Gasteiger partial charge in [0, 0.05) is 6.54 Å². The van der Waals surface area contributed by atoms with Crippen LogP contribution >= 0.6 is 15.9 Å². The number of aliphatic hydroxyl groups excluding tert-OH is 1. The van der Waals surface area contributed by atoms with Gasteiger partial charge in [-0.25, -0.2) is 0 Å². The standard InChI is InChI=1S/C11H14BrNO2/c1-8(14)7-13-5-6-15-11-9(12)3-2-4-10(11)13/h2-4,8,14H,5-7H2,1H3. The van der Waals surface area contributed by atoms with E-state index in [1.807, 2.05) is 18.2 Å². The van der Waals surface area contributed by atoms with E-state index < -0.39 is 0 Å². The summed E-state index contributed by atoms with van der Waals surface area (Å²) in [6.45, 7) is 3.94. The summed E-state index contributed by atoms with van der Waals surface area (Å²) in [4.78, 5) is 2.15. The molecule has 1 aromatic rings. The molecule has 0 radical (unpaired) electrons. The molecule has 3 nitrogen and oxygen atoms in total. The molecule has 0 spiro atoms. The van der Waals surface area contributed by atoms with Gasteiger partial charge in [-0.2, -0.15) is 0 Å². The molecule has 0 fully saturated rings. The molecule has 1 heterocycles. The Balaban J connectivity index is 2.30. The van der Waals surface area contributed by atoms with Gasteiger partial charge in [-0.3, -0.25) is 0 Å². The molecule has 15 heavy (non-hydrogen) atoms. The molecule has 4 heteroatoms. The van der Waals surface area contributed by atoms with Gasteiger partial charge >= 0.3 is 0 Å². The first-order chi connectivity index (χ1) is 7.18. The lowest BCUT2D eigenvalue weighted by Crippen LogP contribution is -2.37. The number of nitrogens with zero attached hydrogens (tertiary/aromatic N) is 1. The fourth-order valence-electron chi connectivity index (χ4n) is 1.78. The highest BCUT2D eigenvalue weighted by Crippen LogP contribution is 2.37. The van der Waals surface area contributed by atoms with Crippen molar-refractivity contribution < 1.29 is 9.84 Å². The van der Waals surface area contributed by atoms with Crippen LogP contribution in [0.2, 0.25) is 0 Å². The second-order valence-electron chi connectivity index (χ2n) is 3.73. The molecular formula is C11H14BrNO2. The topological polar surface area (TPSA) is 32.7 Å².